The molecule has 0 saturated carbocycles. The number of aromatic nitrogens is 1. The highest BCUT2D eigenvalue weighted by Gasteiger charge is 2.24. The molecule has 0 aliphatic heterocycles. The predicted molar refractivity (Wildman–Crippen MR) is 97.9 cm³/mol. The van der Waals surface area contributed by atoms with Crippen molar-refractivity contribution in [2.45, 2.75) is 19.1 Å². The average Bonchev–Trinajstić information content (AvgIpc) is 2.54. The van der Waals surface area contributed by atoms with Crippen molar-refractivity contribution in [2.24, 2.45) is 0 Å². The topological polar surface area (TPSA) is 77.3 Å². The molecule has 2 rings (SSSR count). The van der Waals surface area contributed by atoms with Gasteiger partial charge in [0.2, 0.25) is 5.82 Å². The van der Waals surface area contributed by atoms with Crippen molar-refractivity contribution in [3.8, 4) is 5.75 Å². The van der Waals surface area contributed by atoms with Gasteiger partial charge in [0.15, 0.2) is 0 Å². The van der Waals surface area contributed by atoms with Gasteiger partial charge in [-0.15, -0.1) is 6.58 Å². The van der Waals surface area contributed by atoms with Crippen LogP contribution in [0.5, 0.6) is 5.75 Å². The van der Waals surface area contributed by atoms with E-state index in [1.807, 2.05) is 0 Å². The van der Waals surface area contributed by atoms with Gasteiger partial charge in [-0.2, -0.15) is 8.78 Å². The molecule has 6 nitrogen and oxygen atoms in total. The fraction of sp³-hybridized carbons (Fsp3) is 0.188. The second-order valence-electron chi connectivity index (χ2n) is 5.01. The monoisotopic (exact) mass is 447 g/mol. The Kier molecular flexibility index (Phi) is 6.87. The Balaban J connectivity index is 2.50. The molecular formula is C16H13BrClF2N3O3. The Bertz CT molecular complexity index is 823. The molecule has 1 aromatic heterocycles. The lowest BCUT2D eigenvalue weighted by molar-refractivity contribution is -0.384. The Hall–Kier alpha value is -2.26. The first-order valence-corrected chi connectivity index (χ1v) is 8.42. The Morgan fingerprint density at radius 1 is 1.42 bits per heavy atom. The number of nitrogens with zero attached hydrogens (tertiary/aromatic N) is 2. The second kappa shape index (κ2) is 8.91. The second-order valence-corrected chi connectivity index (χ2v) is 6.25. The summed E-state index contributed by atoms with van der Waals surface area (Å²) in [7, 11) is 0. The number of halogens is 4. The minimum absolute atomic E-state index is 0.0478. The van der Waals surface area contributed by atoms with Crippen molar-refractivity contribution in [1.29, 1.82) is 0 Å². The first-order chi connectivity index (χ1) is 12.3. The fourth-order valence-electron chi connectivity index (χ4n) is 2.32. The molecule has 0 radical (unpaired) electrons. The van der Waals surface area contributed by atoms with Gasteiger partial charge in [0.1, 0.15) is 10.9 Å². The molecule has 10 heteroatoms. The van der Waals surface area contributed by atoms with Crippen LogP contribution in [0, 0.1) is 10.1 Å². The summed E-state index contributed by atoms with van der Waals surface area (Å²) >= 11 is 9.14. The number of nitro groups is 1. The third-order valence-electron chi connectivity index (χ3n) is 3.33. The van der Waals surface area contributed by atoms with E-state index in [9.17, 15) is 18.9 Å². The number of hydrogen-bond donors (Lipinski definition) is 1. The molecule has 138 valence electrons. The van der Waals surface area contributed by atoms with Gasteiger partial charge in [-0.25, -0.2) is 4.98 Å². The van der Waals surface area contributed by atoms with E-state index in [1.165, 1.54) is 24.3 Å². The number of benzene rings is 1. The zero-order valence-electron chi connectivity index (χ0n) is 13.2. The molecule has 0 saturated heterocycles. The van der Waals surface area contributed by atoms with Crippen molar-refractivity contribution in [3.63, 3.8) is 0 Å². The summed E-state index contributed by atoms with van der Waals surface area (Å²) in [4.78, 5) is 14.5. The predicted octanol–water partition coefficient (Wildman–Crippen LogP) is 5.74. The molecule has 0 bridgehead atoms. The van der Waals surface area contributed by atoms with E-state index in [2.05, 4.69) is 37.5 Å². The summed E-state index contributed by atoms with van der Waals surface area (Å²) in [6.45, 7) is 0.616. The molecule has 2 aromatic rings. The van der Waals surface area contributed by atoms with Gasteiger partial charge in [0, 0.05) is 16.1 Å². The van der Waals surface area contributed by atoms with E-state index < -0.39 is 17.6 Å². The fourth-order valence-corrected chi connectivity index (χ4v) is 3.09. The first-order valence-electron chi connectivity index (χ1n) is 7.25. The van der Waals surface area contributed by atoms with E-state index in [1.54, 1.807) is 12.1 Å². The average molecular weight is 449 g/mol. The molecule has 0 aliphatic carbocycles. The molecular weight excluding hydrogens is 436 g/mol. The van der Waals surface area contributed by atoms with Crippen LogP contribution in [0.25, 0.3) is 0 Å². The molecule has 1 N–H and O–H groups in total. The summed E-state index contributed by atoms with van der Waals surface area (Å²) in [5.41, 5.74) is 0.0515. The highest BCUT2D eigenvalue weighted by molar-refractivity contribution is 9.10. The molecule has 0 fully saturated rings. The number of rotatable bonds is 8. The van der Waals surface area contributed by atoms with Gasteiger partial charge in [-0.05, 0) is 24.6 Å². The van der Waals surface area contributed by atoms with Gasteiger partial charge in [0.05, 0.1) is 11.0 Å². The third-order valence-corrected chi connectivity index (χ3v) is 4.23. The Morgan fingerprint density at radius 2 is 2.15 bits per heavy atom. The Labute approximate surface area is 161 Å². The van der Waals surface area contributed by atoms with Crippen molar-refractivity contribution >= 4 is 39.0 Å². The molecule has 0 unspecified atom stereocenters. The van der Waals surface area contributed by atoms with Crippen LogP contribution < -0.4 is 10.1 Å². The van der Waals surface area contributed by atoms with Crippen molar-refractivity contribution in [3.05, 3.63) is 68.3 Å². The zero-order valence-corrected chi connectivity index (χ0v) is 15.5. The molecule has 1 heterocycles. The van der Waals surface area contributed by atoms with Gasteiger partial charge >= 0.3 is 12.3 Å². The van der Waals surface area contributed by atoms with Crippen LogP contribution in [-0.2, 0) is 0 Å². The van der Waals surface area contributed by atoms with E-state index in [4.69, 9.17) is 11.6 Å². The van der Waals surface area contributed by atoms with E-state index in [0.29, 0.717) is 10.0 Å². The highest BCUT2D eigenvalue weighted by atomic mass is 79.9. The van der Waals surface area contributed by atoms with Crippen LogP contribution in [0.1, 0.15) is 18.0 Å². The highest BCUT2D eigenvalue weighted by Crippen LogP contribution is 2.38. The summed E-state index contributed by atoms with van der Waals surface area (Å²) in [6, 6.07) is 6.38. The van der Waals surface area contributed by atoms with Crippen molar-refractivity contribution in [2.75, 3.05) is 5.32 Å². The van der Waals surface area contributed by atoms with E-state index in [-0.39, 0.29) is 28.8 Å². The maximum Gasteiger partial charge on any atom is 0.387 e. The number of hydrogen-bond acceptors (Lipinski definition) is 5. The minimum atomic E-state index is -3.02. The van der Waals surface area contributed by atoms with Gasteiger partial charge in [-0.3, -0.25) is 10.1 Å². The van der Waals surface area contributed by atoms with Crippen LogP contribution >= 0.6 is 27.5 Å². The van der Waals surface area contributed by atoms with Crippen LogP contribution in [0.2, 0.25) is 5.15 Å². The molecule has 1 aromatic carbocycles. The lowest BCUT2D eigenvalue weighted by Gasteiger charge is -2.22. The van der Waals surface area contributed by atoms with Gasteiger partial charge in [-0.1, -0.05) is 39.7 Å². The molecule has 1 atom stereocenters. The van der Waals surface area contributed by atoms with Crippen molar-refractivity contribution < 1.29 is 18.4 Å². The van der Waals surface area contributed by atoms with Crippen LogP contribution in [0.4, 0.5) is 20.3 Å². The standard InChI is InChI=1S/C16H13BrClF2N3O3/c1-2-4-10(14-9(17)5-3-6-12(14)26-16(19)20)21-15-11(23(24)25)7-8-13(18)22-15/h2-3,5-8,10,16H,1,4H2,(H,21,22)/t10-/m1/s1. The van der Waals surface area contributed by atoms with Crippen LogP contribution in [-0.4, -0.2) is 16.5 Å². The number of ether oxygens (including phenoxy) is 1. The SMILES string of the molecule is C=CC[C@@H](Nc1nc(Cl)ccc1[N+](=O)[O-])c1c(Br)cccc1OC(F)F. The smallest absolute Gasteiger partial charge is 0.387 e. The zero-order chi connectivity index (χ0) is 19.3. The largest absolute Gasteiger partial charge is 0.434 e. The molecule has 0 amide bonds. The quantitative estimate of drug-likeness (QED) is 0.241. The molecule has 0 aliphatic rings. The van der Waals surface area contributed by atoms with E-state index >= 15 is 0 Å². The summed E-state index contributed by atoms with van der Waals surface area (Å²) in [5.74, 6) is -0.161. The number of nitrogens with one attached hydrogen (secondary N) is 1. The lowest BCUT2D eigenvalue weighted by Crippen LogP contribution is -2.15. The number of alkyl halides is 2. The summed E-state index contributed by atoms with van der Waals surface area (Å²) in [6.07, 6.45) is 1.80. The number of pyridine rings is 1. The molecule has 0 spiro atoms. The first kappa shape index (κ1) is 20.1. The lowest BCUT2D eigenvalue weighted by atomic mass is 10.0. The minimum Gasteiger partial charge on any atom is -0.434 e. The van der Waals surface area contributed by atoms with Crippen LogP contribution in [0.3, 0.4) is 0 Å². The van der Waals surface area contributed by atoms with Gasteiger partial charge in [0.25, 0.3) is 0 Å². The van der Waals surface area contributed by atoms with Gasteiger partial charge < -0.3 is 10.1 Å². The normalized spacial score (nSPS) is 11.9. The summed E-state index contributed by atoms with van der Waals surface area (Å²) in [5, 5.41) is 14.1. The van der Waals surface area contributed by atoms with E-state index in [0.717, 1.165) is 0 Å². The number of anilines is 1. The van der Waals surface area contributed by atoms with Crippen molar-refractivity contribution in [1.82, 2.24) is 4.98 Å². The third kappa shape index (κ3) is 4.89. The molecule has 26 heavy (non-hydrogen) atoms. The summed E-state index contributed by atoms with van der Waals surface area (Å²) < 4.78 is 30.5. The maximum absolute atomic E-state index is 12.7. The maximum atomic E-state index is 12.7. The Morgan fingerprint density at radius 3 is 2.77 bits per heavy atom. The van der Waals surface area contributed by atoms with Crippen LogP contribution in [0.15, 0.2) is 47.5 Å².